The molecule has 1 aromatic rings. The van der Waals surface area contributed by atoms with Gasteiger partial charge in [-0.1, -0.05) is 17.7 Å². The molecule has 1 aliphatic heterocycles. The molecule has 0 N–H and O–H groups in total. The van der Waals surface area contributed by atoms with Gasteiger partial charge >= 0.3 is 7.12 Å². The zero-order valence-electron chi connectivity index (χ0n) is 13.5. The quantitative estimate of drug-likeness (QED) is 0.767. The van der Waals surface area contributed by atoms with Gasteiger partial charge in [0.15, 0.2) is 0 Å². The van der Waals surface area contributed by atoms with E-state index in [-0.39, 0.29) is 18.3 Å². The van der Waals surface area contributed by atoms with Crippen molar-refractivity contribution in [3.63, 3.8) is 0 Å². The number of hydrogen-bond donors (Lipinski definition) is 0. The van der Waals surface area contributed by atoms with Crippen molar-refractivity contribution in [1.29, 1.82) is 0 Å². The van der Waals surface area contributed by atoms with Crippen LogP contribution in [0.25, 0.3) is 0 Å². The maximum Gasteiger partial charge on any atom is 0.495 e. The van der Waals surface area contributed by atoms with Gasteiger partial charge in [0.05, 0.1) is 11.2 Å². The minimum absolute atomic E-state index is 0.244. The molecule has 20 heavy (non-hydrogen) atoms. The van der Waals surface area contributed by atoms with E-state index in [0.717, 1.165) is 5.92 Å². The first-order chi connectivity index (χ1) is 9.21. The van der Waals surface area contributed by atoms with Crippen LogP contribution in [0.2, 0.25) is 0 Å². The van der Waals surface area contributed by atoms with E-state index in [0.29, 0.717) is 0 Å². The van der Waals surface area contributed by atoms with Crippen molar-refractivity contribution in [3.05, 3.63) is 28.8 Å². The molecule has 3 rings (SSSR count). The van der Waals surface area contributed by atoms with Gasteiger partial charge in [0.1, 0.15) is 0 Å². The van der Waals surface area contributed by atoms with Gasteiger partial charge < -0.3 is 9.31 Å². The maximum atomic E-state index is 6.18. The van der Waals surface area contributed by atoms with Gasteiger partial charge in [0.2, 0.25) is 0 Å². The minimum Gasteiger partial charge on any atom is -0.399 e. The molecule has 2 aliphatic rings. The summed E-state index contributed by atoms with van der Waals surface area (Å²) in [6, 6.07) is 4.61. The fourth-order valence-electron chi connectivity index (χ4n) is 2.92. The van der Waals surface area contributed by atoms with Crippen LogP contribution in [0.5, 0.6) is 0 Å². The predicted octanol–water partition coefficient (Wildman–Crippen LogP) is 3.48. The lowest BCUT2D eigenvalue weighted by atomic mass is 9.74. The van der Waals surface area contributed by atoms with Crippen molar-refractivity contribution >= 4 is 12.6 Å². The number of benzene rings is 1. The second kappa shape index (κ2) is 4.35. The highest BCUT2D eigenvalue weighted by Crippen LogP contribution is 2.42. The van der Waals surface area contributed by atoms with Crippen LogP contribution in [0.15, 0.2) is 12.1 Å². The van der Waals surface area contributed by atoms with Crippen LogP contribution in [0.3, 0.4) is 0 Å². The summed E-state index contributed by atoms with van der Waals surface area (Å²) in [6.45, 7) is 12.8. The Balaban J connectivity index is 1.94. The fourth-order valence-corrected chi connectivity index (χ4v) is 2.92. The minimum atomic E-state index is -0.271. The second-order valence-electron chi connectivity index (χ2n) is 7.43. The molecule has 3 heteroatoms. The summed E-state index contributed by atoms with van der Waals surface area (Å²) in [5.41, 5.74) is 4.83. The summed E-state index contributed by atoms with van der Waals surface area (Å²) >= 11 is 0. The molecule has 1 saturated carbocycles. The normalized spacial score (nSPS) is 24.2. The van der Waals surface area contributed by atoms with E-state index in [1.54, 1.807) is 0 Å². The smallest absolute Gasteiger partial charge is 0.399 e. The molecule has 0 radical (unpaired) electrons. The van der Waals surface area contributed by atoms with Crippen molar-refractivity contribution in [2.75, 3.05) is 0 Å². The van der Waals surface area contributed by atoms with E-state index in [1.807, 2.05) is 0 Å². The standard InChI is InChI=1S/C17H25BO2/c1-11-10-15(12(2)9-14(11)13-7-8-13)18-19-16(3,4)17(5,6)20-18/h9-10,13H,7-8H2,1-6H3. The molecule has 0 spiro atoms. The third kappa shape index (κ3) is 2.21. The lowest BCUT2D eigenvalue weighted by Gasteiger charge is -2.32. The first-order valence-electron chi connectivity index (χ1n) is 7.68. The Hall–Kier alpha value is -0.795. The molecule has 0 aromatic heterocycles. The van der Waals surface area contributed by atoms with Crippen molar-refractivity contribution in [2.45, 2.75) is 71.5 Å². The lowest BCUT2D eigenvalue weighted by molar-refractivity contribution is 0.00578. The first-order valence-corrected chi connectivity index (χ1v) is 7.68. The van der Waals surface area contributed by atoms with Crippen LogP contribution >= 0.6 is 0 Å². The van der Waals surface area contributed by atoms with Gasteiger partial charge in [0.25, 0.3) is 0 Å². The number of rotatable bonds is 2. The van der Waals surface area contributed by atoms with Crippen molar-refractivity contribution in [1.82, 2.24) is 0 Å². The molecular weight excluding hydrogens is 247 g/mol. The van der Waals surface area contributed by atoms with Crippen molar-refractivity contribution < 1.29 is 9.31 Å². The largest absolute Gasteiger partial charge is 0.495 e. The maximum absolute atomic E-state index is 6.18. The molecule has 108 valence electrons. The van der Waals surface area contributed by atoms with Gasteiger partial charge in [-0.3, -0.25) is 0 Å². The van der Waals surface area contributed by atoms with Gasteiger partial charge in [-0.2, -0.15) is 0 Å². The highest BCUT2D eigenvalue weighted by molar-refractivity contribution is 6.62. The van der Waals surface area contributed by atoms with Crippen molar-refractivity contribution in [3.8, 4) is 0 Å². The summed E-state index contributed by atoms with van der Waals surface area (Å²) in [7, 11) is -0.244. The molecule has 2 fully saturated rings. The van der Waals surface area contributed by atoms with Gasteiger partial charge in [0, 0.05) is 0 Å². The van der Waals surface area contributed by atoms with Crippen LogP contribution in [0.4, 0.5) is 0 Å². The fraction of sp³-hybridized carbons (Fsp3) is 0.647. The van der Waals surface area contributed by atoms with E-state index in [4.69, 9.17) is 9.31 Å². The van der Waals surface area contributed by atoms with Crippen LogP contribution in [-0.4, -0.2) is 18.3 Å². The summed E-state index contributed by atoms with van der Waals surface area (Å²) in [5, 5.41) is 0. The summed E-state index contributed by atoms with van der Waals surface area (Å²) in [6.07, 6.45) is 2.69. The predicted molar refractivity (Wildman–Crippen MR) is 83.6 cm³/mol. The lowest BCUT2D eigenvalue weighted by Crippen LogP contribution is -2.41. The molecule has 0 bridgehead atoms. The van der Waals surface area contributed by atoms with Crippen LogP contribution in [0.1, 0.15) is 63.1 Å². The SMILES string of the molecule is Cc1cc(C2CC2)c(C)cc1B1OC(C)(C)C(C)(C)O1. The average molecular weight is 272 g/mol. The Kier molecular flexibility index (Phi) is 3.08. The number of aryl methyl sites for hydroxylation is 2. The van der Waals surface area contributed by atoms with E-state index in [1.165, 1.54) is 35.0 Å². The second-order valence-corrected chi connectivity index (χ2v) is 7.43. The summed E-state index contributed by atoms with van der Waals surface area (Å²) in [4.78, 5) is 0. The van der Waals surface area contributed by atoms with E-state index in [9.17, 15) is 0 Å². The molecule has 1 aliphatic carbocycles. The molecule has 2 nitrogen and oxygen atoms in total. The highest BCUT2D eigenvalue weighted by Gasteiger charge is 2.52. The van der Waals surface area contributed by atoms with Gasteiger partial charge in [-0.05, 0) is 76.9 Å². The van der Waals surface area contributed by atoms with Gasteiger partial charge in [-0.15, -0.1) is 0 Å². The Bertz CT molecular complexity index is 528. The van der Waals surface area contributed by atoms with Gasteiger partial charge in [-0.25, -0.2) is 0 Å². The zero-order chi connectivity index (χ0) is 14.7. The molecule has 0 amide bonds. The van der Waals surface area contributed by atoms with Crippen LogP contribution < -0.4 is 5.46 Å². The molecular formula is C17H25BO2. The van der Waals surface area contributed by atoms with Crippen LogP contribution in [-0.2, 0) is 9.31 Å². The third-order valence-corrected chi connectivity index (χ3v) is 5.18. The monoisotopic (exact) mass is 272 g/mol. The van der Waals surface area contributed by atoms with E-state index in [2.05, 4.69) is 53.7 Å². The number of hydrogen-bond acceptors (Lipinski definition) is 2. The Morgan fingerprint density at radius 3 is 2.00 bits per heavy atom. The summed E-state index contributed by atoms with van der Waals surface area (Å²) < 4.78 is 12.4. The Labute approximate surface area is 123 Å². The van der Waals surface area contributed by atoms with E-state index >= 15 is 0 Å². The molecule has 1 heterocycles. The third-order valence-electron chi connectivity index (χ3n) is 5.18. The molecule has 0 atom stereocenters. The molecule has 0 unspecified atom stereocenters. The Morgan fingerprint density at radius 2 is 1.50 bits per heavy atom. The zero-order valence-corrected chi connectivity index (χ0v) is 13.5. The summed E-state index contributed by atoms with van der Waals surface area (Å²) in [5.74, 6) is 0.793. The van der Waals surface area contributed by atoms with Crippen molar-refractivity contribution in [2.24, 2.45) is 0 Å². The average Bonchev–Trinajstić information content (AvgIpc) is 3.10. The topological polar surface area (TPSA) is 18.5 Å². The highest BCUT2D eigenvalue weighted by atomic mass is 16.7. The first kappa shape index (κ1) is 14.2. The molecule has 1 aromatic carbocycles. The van der Waals surface area contributed by atoms with E-state index < -0.39 is 0 Å². The molecule has 1 saturated heterocycles. The Morgan fingerprint density at radius 1 is 0.950 bits per heavy atom. The van der Waals surface area contributed by atoms with Crippen LogP contribution in [0, 0.1) is 13.8 Å².